The molecule has 0 spiro atoms. The molecule has 4 aromatic rings. The molecule has 0 fully saturated rings. The van der Waals surface area contributed by atoms with Crippen LogP contribution < -0.4 is 5.56 Å². The van der Waals surface area contributed by atoms with Crippen LogP contribution in [0.4, 0.5) is 0 Å². The Morgan fingerprint density at radius 2 is 1.82 bits per heavy atom. The minimum atomic E-state index is -0.472. The van der Waals surface area contributed by atoms with E-state index in [9.17, 15) is 14.4 Å². The van der Waals surface area contributed by atoms with Gasteiger partial charge >= 0.3 is 5.97 Å². The molecular weight excluding hydrogens is 492 g/mol. The molecule has 0 aliphatic heterocycles. The van der Waals surface area contributed by atoms with Crippen molar-refractivity contribution in [3.05, 3.63) is 91.5 Å². The molecule has 6 nitrogen and oxygen atoms in total. The van der Waals surface area contributed by atoms with Gasteiger partial charge in [0.05, 0.1) is 24.3 Å². The molecule has 0 saturated heterocycles. The number of ether oxygens (including phenoxy) is 1. The molecule has 0 atom stereocenters. The molecule has 0 aliphatic carbocycles. The first-order valence-electron chi connectivity index (χ1n) is 10.6. The summed E-state index contributed by atoms with van der Waals surface area (Å²) in [6.07, 6.45) is 0. The fraction of sp³-hybridized carbons (Fsp3) is 0.200. The zero-order valence-electron chi connectivity index (χ0n) is 18.5. The highest BCUT2D eigenvalue weighted by Gasteiger charge is 2.23. The molecule has 0 unspecified atom stereocenters. The maximum atomic E-state index is 13.6. The number of carbonyl (C=O) groups excluding carboxylic acids is 2. The highest BCUT2D eigenvalue weighted by atomic mass is 35.5. The van der Waals surface area contributed by atoms with Gasteiger partial charge in [-0.1, -0.05) is 65.8 Å². The number of thiophene rings is 1. The summed E-state index contributed by atoms with van der Waals surface area (Å²) in [7, 11) is 0. The molecule has 2 heterocycles. The SMILES string of the molecule is CCOC(=O)c1sc2nc(SCC(=O)c3ccccc3)n(Cc3ccc(Cl)cc3)c(=O)c2c1C. The number of rotatable bonds is 8. The number of esters is 1. The molecule has 0 radical (unpaired) electrons. The van der Waals surface area contributed by atoms with E-state index >= 15 is 0 Å². The molecule has 9 heteroatoms. The lowest BCUT2D eigenvalue weighted by molar-refractivity contribution is 0.0531. The second kappa shape index (κ2) is 10.5. The summed E-state index contributed by atoms with van der Waals surface area (Å²) in [5, 5.41) is 1.40. The lowest BCUT2D eigenvalue weighted by atomic mass is 10.2. The Hall–Kier alpha value is -2.94. The Labute approximate surface area is 209 Å². The third-order valence-electron chi connectivity index (χ3n) is 5.16. The van der Waals surface area contributed by atoms with Gasteiger partial charge in [0, 0.05) is 10.6 Å². The van der Waals surface area contributed by atoms with E-state index in [-0.39, 0.29) is 30.2 Å². The van der Waals surface area contributed by atoms with Gasteiger partial charge in [0.15, 0.2) is 10.9 Å². The van der Waals surface area contributed by atoms with Crippen molar-refractivity contribution in [2.45, 2.75) is 25.5 Å². The van der Waals surface area contributed by atoms with E-state index < -0.39 is 5.97 Å². The number of fused-ring (bicyclic) bond motifs is 1. The van der Waals surface area contributed by atoms with Gasteiger partial charge in [0.2, 0.25) is 0 Å². The molecular formula is C25H21ClN2O4S2. The molecule has 2 aromatic carbocycles. The topological polar surface area (TPSA) is 78.3 Å². The van der Waals surface area contributed by atoms with Crippen LogP contribution in [0.15, 0.2) is 64.5 Å². The Morgan fingerprint density at radius 1 is 1.12 bits per heavy atom. The largest absolute Gasteiger partial charge is 0.462 e. The van der Waals surface area contributed by atoms with Gasteiger partial charge in [0.1, 0.15) is 9.71 Å². The molecule has 0 amide bonds. The zero-order chi connectivity index (χ0) is 24.2. The van der Waals surface area contributed by atoms with E-state index in [1.54, 1.807) is 42.7 Å². The van der Waals surface area contributed by atoms with Crippen molar-refractivity contribution < 1.29 is 14.3 Å². The standard InChI is InChI=1S/C25H21ClN2O4S2/c1-3-32-24(31)21-15(2)20-22(34-21)27-25(33-14-19(29)17-7-5-4-6-8-17)28(23(20)30)13-16-9-11-18(26)12-10-16/h4-12H,3,13-14H2,1-2H3. The maximum absolute atomic E-state index is 13.6. The fourth-order valence-electron chi connectivity index (χ4n) is 3.45. The van der Waals surface area contributed by atoms with E-state index in [0.29, 0.717) is 36.4 Å². The van der Waals surface area contributed by atoms with E-state index in [2.05, 4.69) is 0 Å². The third-order valence-corrected chi connectivity index (χ3v) is 7.55. The van der Waals surface area contributed by atoms with Gasteiger partial charge in [-0.25, -0.2) is 9.78 Å². The molecule has 0 saturated carbocycles. The number of nitrogens with zero attached hydrogens (tertiary/aromatic N) is 2. The van der Waals surface area contributed by atoms with E-state index in [0.717, 1.165) is 16.9 Å². The van der Waals surface area contributed by atoms with Crippen LogP contribution in [0.25, 0.3) is 10.2 Å². The van der Waals surface area contributed by atoms with Gasteiger partial charge in [0.25, 0.3) is 5.56 Å². The second-order valence-electron chi connectivity index (χ2n) is 7.45. The predicted molar refractivity (Wildman–Crippen MR) is 137 cm³/mol. The summed E-state index contributed by atoms with van der Waals surface area (Å²) in [5.41, 5.74) is 1.75. The number of carbonyl (C=O) groups is 2. The van der Waals surface area contributed by atoms with Crippen LogP contribution >= 0.6 is 34.7 Å². The van der Waals surface area contributed by atoms with Gasteiger partial charge in [-0.15, -0.1) is 11.3 Å². The fourth-order valence-corrected chi connectivity index (χ4v) is 5.58. The Morgan fingerprint density at radius 3 is 2.50 bits per heavy atom. The second-order valence-corrected chi connectivity index (χ2v) is 9.82. The van der Waals surface area contributed by atoms with Crippen LogP contribution in [0.3, 0.4) is 0 Å². The van der Waals surface area contributed by atoms with Crippen molar-refractivity contribution in [3.63, 3.8) is 0 Å². The first-order chi connectivity index (χ1) is 16.4. The quantitative estimate of drug-likeness (QED) is 0.132. The van der Waals surface area contributed by atoms with E-state index in [1.807, 2.05) is 30.3 Å². The van der Waals surface area contributed by atoms with Crippen LogP contribution in [-0.4, -0.2) is 33.7 Å². The van der Waals surface area contributed by atoms with Crippen molar-refractivity contribution in [2.75, 3.05) is 12.4 Å². The number of benzene rings is 2. The van der Waals surface area contributed by atoms with E-state index in [4.69, 9.17) is 21.3 Å². The van der Waals surface area contributed by atoms with Gasteiger partial charge in [-0.05, 0) is 37.1 Å². The van der Waals surface area contributed by atoms with E-state index in [1.165, 1.54) is 11.8 Å². The van der Waals surface area contributed by atoms with Crippen molar-refractivity contribution in [3.8, 4) is 0 Å². The molecule has 0 aliphatic rings. The van der Waals surface area contributed by atoms with Gasteiger partial charge < -0.3 is 4.74 Å². The van der Waals surface area contributed by atoms with Crippen LogP contribution in [0, 0.1) is 6.92 Å². The summed E-state index contributed by atoms with van der Waals surface area (Å²) in [6, 6.07) is 16.2. The van der Waals surface area contributed by atoms with Crippen molar-refractivity contribution in [2.24, 2.45) is 0 Å². The van der Waals surface area contributed by atoms with Crippen LogP contribution in [0.2, 0.25) is 5.02 Å². The number of aryl methyl sites for hydroxylation is 1. The summed E-state index contributed by atoms with van der Waals surface area (Å²) in [4.78, 5) is 44.2. The summed E-state index contributed by atoms with van der Waals surface area (Å²) in [5.74, 6) is -0.412. The number of aromatic nitrogens is 2. The molecule has 2 aromatic heterocycles. The van der Waals surface area contributed by atoms with Crippen molar-refractivity contribution in [1.82, 2.24) is 9.55 Å². The lowest BCUT2D eigenvalue weighted by Gasteiger charge is -2.12. The predicted octanol–water partition coefficient (Wildman–Crippen LogP) is 5.62. The number of halogens is 1. The number of hydrogen-bond donors (Lipinski definition) is 0. The van der Waals surface area contributed by atoms with Crippen LogP contribution in [0.5, 0.6) is 0 Å². The number of hydrogen-bond acceptors (Lipinski definition) is 7. The zero-order valence-corrected chi connectivity index (χ0v) is 20.9. The Bertz CT molecular complexity index is 1410. The van der Waals surface area contributed by atoms with Crippen LogP contribution in [0.1, 0.15) is 38.1 Å². The molecule has 0 N–H and O–H groups in total. The average molecular weight is 513 g/mol. The molecule has 0 bridgehead atoms. The van der Waals surface area contributed by atoms with Crippen LogP contribution in [-0.2, 0) is 11.3 Å². The lowest BCUT2D eigenvalue weighted by Crippen LogP contribution is -2.24. The number of ketones is 1. The van der Waals surface area contributed by atoms with Crippen molar-refractivity contribution in [1.29, 1.82) is 0 Å². The first kappa shape index (κ1) is 24.2. The smallest absolute Gasteiger partial charge is 0.348 e. The minimum Gasteiger partial charge on any atom is -0.462 e. The first-order valence-corrected chi connectivity index (χ1v) is 12.7. The molecule has 34 heavy (non-hydrogen) atoms. The third kappa shape index (κ3) is 5.09. The van der Waals surface area contributed by atoms with Gasteiger partial charge in [-0.2, -0.15) is 0 Å². The monoisotopic (exact) mass is 512 g/mol. The minimum absolute atomic E-state index is 0.0624. The van der Waals surface area contributed by atoms with Gasteiger partial charge in [-0.3, -0.25) is 14.2 Å². The highest BCUT2D eigenvalue weighted by molar-refractivity contribution is 7.99. The van der Waals surface area contributed by atoms with Crippen molar-refractivity contribution >= 4 is 56.7 Å². The molecule has 4 rings (SSSR count). The highest BCUT2D eigenvalue weighted by Crippen LogP contribution is 2.30. The number of thioether (sulfide) groups is 1. The normalized spacial score (nSPS) is 11.0. The average Bonchev–Trinajstić information content (AvgIpc) is 3.18. The summed E-state index contributed by atoms with van der Waals surface area (Å²) < 4.78 is 6.69. The summed E-state index contributed by atoms with van der Waals surface area (Å²) in [6.45, 7) is 3.96. The Balaban J connectivity index is 1.77. The number of Topliss-reactive ketones (excluding diaryl/α,β-unsaturated/α-hetero) is 1. The Kier molecular flexibility index (Phi) is 7.50. The molecule has 174 valence electrons. The maximum Gasteiger partial charge on any atom is 0.348 e. The summed E-state index contributed by atoms with van der Waals surface area (Å²) >= 11 is 8.35.